The highest BCUT2D eigenvalue weighted by atomic mass is 16.3. The van der Waals surface area contributed by atoms with E-state index >= 15 is 0 Å². The van der Waals surface area contributed by atoms with Crippen LogP contribution in [0.4, 0.5) is 0 Å². The number of fused-ring (bicyclic) bond motifs is 1. The molecule has 1 fully saturated rings. The van der Waals surface area contributed by atoms with Gasteiger partial charge >= 0.3 is 0 Å². The Morgan fingerprint density at radius 3 is 2.67 bits per heavy atom. The van der Waals surface area contributed by atoms with E-state index in [1.165, 1.54) is 0 Å². The van der Waals surface area contributed by atoms with Gasteiger partial charge in [0, 0.05) is 12.7 Å². The number of aliphatic hydroxyl groups excluding tert-OH is 1. The fourth-order valence-electron chi connectivity index (χ4n) is 3.78. The third kappa shape index (κ3) is 2.73. The van der Waals surface area contributed by atoms with E-state index in [0.29, 0.717) is 11.0 Å². The zero-order valence-corrected chi connectivity index (χ0v) is 14.4. The maximum absolute atomic E-state index is 12.5. The Kier molecular flexibility index (Phi) is 4.21. The van der Waals surface area contributed by atoms with Crippen molar-refractivity contribution in [2.24, 2.45) is 7.05 Å². The third-order valence-corrected chi connectivity index (χ3v) is 5.18. The lowest BCUT2D eigenvalue weighted by Gasteiger charge is -2.28. The molecule has 3 N–H and O–H groups in total. The Bertz CT molecular complexity index is 844. The summed E-state index contributed by atoms with van der Waals surface area (Å²) in [4.78, 5) is 29.1. The molecule has 2 aromatic rings. The lowest BCUT2D eigenvalue weighted by Crippen LogP contribution is -2.49. The first-order valence-electron chi connectivity index (χ1n) is 8.33. The molecular weight excluding hydrogens is 308 g/mol. The van der Waals surface area contributed by atoms with Crippen molar-refractivity contribution in [3.05, 3.63) is 27.2 Å². The van der Waals surface area contributed by atoms with Crippen molar-refractivity contribution in [1.29, 1.82) is 0 Å². The van der Waals surface area contributed by atoms with Gasteiger partial charge in [-0.1, -0.05) is 12.8 Å². The van der Waals surface area contributed by atoms with Crippen LogP contribution in [0.5, 0.6) is 0 Å². The number of H-pyrrole nitrogens is 1. The van der Waals surface area contributed by atoms with Gasteiger partial charge in [-0.25, -0.2) is 4.98 Å². The molecular formula is C17H24N4O3. The predicted octanol–water partition coefficient (Wildman–Crippen LogP) is 0.842. The first kappa shape index (κ1) is 16.7. The standard InChI is InChI=1S/C17H24N4O3/c1-10-12(8-13(23)19-17(9-22)6-4-5-7-17)11(2)18-15-14(10)16(24)20-21(15)3/h22H,4-9H2,1-3H3,(H,19,23)(H,20,24). The number of aliphatic hydroxyl groups is 1. The highest BCUT2D eigenvalue weighted by Gasteiger charge is 2.34. The average molecular weight is 332 g/mol. The van der Waals surface area contributed by atoms with Crippen molar-refractivity contribution in [3.63, 3.8) is 0 Å². The van der Waals surface area contributed by atoms with Crippen molar-refractivity contribution in [2.45, 2.75) is 51.5 Å². The largest absolute Gasteiger partial charge is 0.394 e. The van der Waals surface area contributed by atoms with Crippen LogP contribution in [-0.2, 0) is 18.3 Å². The van der Waals surface area contributed by atoms with Crippen molar-refractivity contribution in [1.82, 2.24) is 20.1 Å². The molecule has 0 bridgehead atoms. The first-order valence-corrected chi connectivity index (χ1v) is 8.33. The number of aryl methyl sites for hydroxylation is 3. The van der Waals surface area contributed by atoms with E-state index in [9.17, 15) is 14.7 Å². The summed E-state index contributed by atoms with van der Waals surface area (Å²) in [5.41, 5.74) is 2.24. The number of carbonyl (C=O) groups is 1. The molecule has 7 nitrogen and oxygen atoms in total. The van der Waals surface area contributed by atoms with Gasteiger partial charge in [-0.2, -0.15) is 0 Å². The summed E-state index contributed by atoms with van der Waals surface area (Å²) in [6.45, 7) is 3.67. The van der Waals surface area contributed by atoms with Crippen LogP contribution in [-0.4, -0.2) is 37.9 Å². The molecule has 3 rings (SSSR count). The minimum absolute atomic E-state index is 0.0354. The Hall–Kier alpha value is -2.15. The van der Waals surface area contributed by atoms with Crippen LogP contribution in [0.25, 0.3) is 11.0 Å². The first-order chi connectivity index (χ1) is 11.4. The number of hydrogen-bond donors (Lipinski definition) is 3. The lowest BCUT2D eigenvalue weighted by molar-refractivity contribution is -0.122. The Morgan fingerprint density at radius 2 is 2.04 bits per heavy atom. The summed E-state index contributed by atoms with van der Waals surface area (Å²) >= 11 is 0. The van der Waals surface area contributed by atoms with E-state index < -0.39 is 5.54 Å². The smallest absolute Gasteiger partial charge is 0.273 e. The van der Waals surface area contributed by atoms with Crippen molar-refractivity contribution in [3.8, 4) is 0 Å². The Balaban J connectivity index is 1.91. The van der Waals surface area contributed by atoms with Gasteiger partial charge in [-0.3, -0.25) is 19.4 Å². The normalized spacial score (nSPS) is 16.7. The van der Waals surface area contributed by atoms with Gasteiger partial charge in [0.1, 0.15) is 0 Å². The number of rotatable bonds is 4. The summed E-state index contributed by atoms with van der Waals surface area (Å²) in [6, 6.07) is 0. The maximum atomic E-state index is 12.5. The number of aromatic amines is 1. The van der Waals surface area contributed by atoms with Gasteiger partial charge in [0.2, 0.25) is 5.91 Å². The average Bonchev–Trinajstić information content (AvgIpc) is 3.09. The number of amides is 1. The molecule has 0 unspecified atom stereocenters. The maximum Gasteiger partial charge on any atom is 0.273 e. The molecule has 2 aromatic heterocycles. The second kappa shape index (κ2) is 6.05. The summed E-state index contributed by atoms with van der Waals surface area (Å²) < 4.78 is 1.60. The molecule has 1 aliphatic rings. The van der Waals surface area contributed by atoms with Crippen LogP contribution >= 0.6 is 0 Å². The van der Waals surface area contributed by atoms with Gasteiger partial charge < -0.3 is 10.4 Å². The van der Waals surface area contributed by atoms with Crippen LogP contribution in [0, 0.1) is 13.8 Å². The zero-order valence-electron chi connectivity index (χ0n) is 14.4. The summed E-state index contributed by atoms with van der Waals surface area (Å²) in [5, 5.41) is 15.9. The van der Waals surface area contributed by atoms with Crippen LogP contribution in [0.1, 0.15) is 42.5 Å². The fourth-order valence-corrected chi connectivity index (χ4v) is 3.78. The molecule has 0 saturated heterocycles. The SMILES string of the molecule is Cc1nc2c(c(C)c1CC(=O)NC1(CO)CCCC1)c(=O)[nH]n2C. The number of hydrogen-bond acceptors (Lipinski definition) is 4. The van der Waals surface area contributed by atoms with Crippen LogP contribution in [0.3, 0.4) is 0 Å². The summed E-state index contributed by atoms with van der Waals surface area (Å²) in [7, 11) is 1.74. The van der Waals surface area contributed by atoms with E-state index in [1.54, 1.807) is 11.7 Å². The number of nitrogens with zero attached hydrogens (tertiary/aromatic N) is 2. The van der Waals surface area contributed by atoms with Crippen molar-refractivity contribution < 1.29 is 9.90 Å². The van der Waals surface area contributed by atoms with Crippen LogP contribution < -0.4 is 10.9 Å². The predicted molar refractivity (Wildman–Crippen MR) is 90.9 cm³/mol. The Labute approximate surface area is 140 Å². The number of carbonyl (C=O) groups excluding carboxylic acids is 1. The second-order valence-corrected chi connectivity index (χ2v) is 6.87. The molecule has 1 amide bonds. The topological polar surface area (TPSA) is 100 Å². The number of aromatic nitrogens is 3. The van der Waals surface area contributed by atoms with Gasteiger partial charge in [0.05, 0.1) is 24.0 Å². The van der Waals surface area contributed by atoms with Gasteiger partial charge in [0.25, 0.3) is 5.56 Å². The quantitative estimate of drug-likeness (QED) is 0.772. The Morgan fingerprint density at radius 1 is 1.38 bits per heavy atom. The van der Waals surface area contributed by atoms with E-state index in [2.05, 4.69) is 15.4 Å². The van der Waals surface area contributed by atoms with Crippen LogP contribution in [0.15, 0.2) is 4.79 Å². The fraction of sp³-hybridized carbons (Fsp3) is 0.588. The molecule has 1 saturated carbocycles. The molecule has 0 radical (unpaired) electrons. The molecule has 0 aliphatic heterocycles. The third-order valence-electron chi connectivity index (χ3n) is 5.18. The highest BCUT2D eigenvalue weighted by Crippen LogP contribution is 2.29. The molecule has 0 spiro atoms. The summed E-state index contributed by atoms with van der Waals surface area (Å²) in [5.74, 6) is -0.134. The molecule has 2 heterocycles. The van der Waals surface area contributed by atoms with Gasteiger partial charge in [-0.15, -0.1) is 0 Å². The van der Waals surface area contributed by atoms with E-state index in [-0.39, 0.29) is 24.5 Å². The zero-order chi connectivity index (χ0) is 17.5. The molecule has 0 aromatic carbocycles. The second-order valence-electron chi connectivity index (χ2n) is 6.87. The van der Waals surface area contributed by atoms with Gasteiger partial charge in [-0.05, 0) is 37.8 Å². The molecule has 24 heavy (non-hydrogen) atoms. The monoisotopic (exact) mass is 332 g/mol. The van der Waals surface area contributed by atoms with Crippen LogP contribution in [0.2, 0.25) is 0 Å². The van der Waals surface area contributed by atoms with E-state index in [1.807, 2.05) is 13.8 Å². The number of nitrogens with one attached hydrogen (secondary N) is 2. The van der Waals surface area contributed by atoms with Crippen molar-refractivity contribution in [2.75, 3.05) is 6.61 Å². The minimum atomic E-state index is -0.485. The lowest BCUT2D eigenvalue weighted by atomic mass is 9.97. The van der Waals surface area contributed by atoms with Gasteiger partial charge in [0.15, 0.2) is 5.65 Å². The molecule has 0 atom stereocenters. The van der Waals surface area contributed by atoms with E-state index in [0.717, 1.165) is 42.5 Å². The molecule has 1 aliphatic carbocycles. The minimum Gasteiger partial charge on any atom is -0.394 e. The molecule has 130 valence electrons. The highest BCUT2D eigenvalue weighted by molar-refractivity contribution is 5.85. The van der Waals surface area contributed by atoms with Crippen molar-refractivity contribution >= 4 is 16.9 Å². The van der Waals surface area contributed by atoms with E-state index in [4.69, 9.17) is 0 Å². The molecule has 7 heteroatoms. The number of pyridine rings is 1. The summed E-state index contributed by atoms with van der Waals surface area (Å²) in [6.07, 6.45) is 3.82.